The molecule has 0 aromatic heterocycles. The minimum Gasteiger partial charge on any atom is -0.407 e. The van der Waals surface area contributed by atoms with Crippen LogP contribution < -0.4 is 10.4 Å². The maximum Gasteiger partial charge on any atom is 0.261 e. The Bertz CT molecular complexity index is 667. The van der Waals surface area contributed by atoms with Crippen molar-refractivity contribution < 1.29 is 4.43 Å². The van der Waals surface area contributed by atoms with Crippen molar-refractivity contribution >= 4 is 41.3 Å². The predicted molar refractivity (Wildman–Crippen MR) is 139 cm³/mol. The minimum absolute atomic E-state index is 0.0713. The van der Waals surface area contributed by atoms with Gasteiger partial charge in [0, 0.05) is 6.61 Å². The van der Waals surface area contributed by atoms with E-state index in [2.05, 4.69) is 114 Å². The van der Waals surface area contributed by atoms with Gasteiger partial charge in [0.25, 0.3) is 8.32 Å². The maximum atomic E-state index is 6.95. The zero-order chi connectivity index (χ0) is 21.0. The van der Waals surface area contributed by atoms with E-state index in [-0.39, 0.29) is 5.04 Å². The molecule has 0 bridgehead atoms. The van der Waals surface area contributed by atoms with Crippen molar-refractivity contribution in [1.29, 1.82) is 0 Å². The zero-order valence-corrected chi connectivity index (χ0v) is 21.5. The van der Waals surface area contributed by atoms with Crippen molar-refractivity contribution in [2.75, 3.05) is 6.61 Å². The van der Waals surface area contributed by atoms with Gasteiger partial charge >= 0.3 is 0 Å². The molecule has 29 heavy (non-hydrogen) atoms. The Morgan fingerprint density at radius 2 is 1.24 bits per heavy atom. The molecule has 2 rings (SSSR count). The third-order valence-corrected chi connectivity index (χ3v) is 11.1. The summed E-state index contributed by atoms with van der Waals surface area (Å²) in [5.41, 5.74) is 0. The van der Waals surface area contributed by atoms with Gasteiger partial charge < -0.3 is 4.43 Å². The van der Waals surface area contributed by atoms with Crippen molar-refractivity contribution in [2.45, 2.75) is 70.8 Å². The summed E-state index contributed by atoms with van der Waals surface area (Å²) in [7, 11) is -2.35. The molecule has 0 aliphatic carbocycles. The first kappa shape index (κ1) is 24.4. The fourth-order valence-corrected chi connectivity index (χ4v) is 9.09. The third kappa shape index (κ3) is 7.07. The topological polar surface area (TPSA) is 9.23 Å². The van der Waals surface area contributed by atoms with Crippen molar-refractivity contribution in [2.24, 2.45) is 0 Å². The highest BCUT2D eigenvalue weighted by atomic mass is 127. The summed E-state index contributed by atoms with van der Waals surface area (Å²) in [6.45, 7) is 7.90. The largest absolute Gasteiger partial charge is 0.407 e. The number of benzene rings is 2. The van der Waals surface area contributed by atoms with Crippen LogP contribution in [0.5, 0.6) is 0 Å². The average Bonchev–Trinajstić information content (AvgIpc) is 2.72. The van der Waals surface area contributed by atoms with Crippen LogP contribution in [0.4, 0.5) is 0 Å². The highest BCUT2D eigenvalue weighted by molar-refractivity contribution is 14.1. The van der Waals surface area contributed by atoms with Gasteiger partial charge in [0.15, 0.2) is 0 Å². The number of allylic oxidation sites excluding steroid dienone is 1. The molecule has 158 valence electrons. The van der Waals surface area contributed by atoms with Crippen molar-refractivity contribution in [3.63, 3.8) is 0 Å². The molecule has 0 spiro atoms. The molecular formula is C26H37IOSi. The Morgan fingerprint density at radius 1 is 0.759 bits per heavy atom. The highest BCUT2D eigenvalue weighted by Crippen LogP contribution is 2.36. The summed E-state index contributed by atoms with van der Waals surface area (Å²) in [6, 6.07) is 21.9. The van der Waals surface area contributed by atoms with Gasteiger partial charge in [0.05, 0.1) is 0 Å². The zero-order valence-electron chi connectivity index (χ0n) is 18.4. The van der Waals surface area contributed by atoms with Gasteiger partial charge in [0.1, 0.15) is 0 Å². The van der Waals surface area contributed by atoms with E-state index in [4.69, 9.17) is 4.43 Å². The number of unbranched alkanes of at least 4 members (excludes halogenated alkanes) is 6. The van der Waals surface area contributed by atoms with E-state index in [1.165, 1.54) is 48.9 Å². The van der Waals surface area contributed by atoms with Crippen LogP contribution in [0.2, 0.25) is 5.04 Å². The molecule has 0 unspecified atom stereocenters. The van der Waals surface area contributed by atoms with Crippen molar-refractivity contribution in [3.8, 4) is 0 Å². The quantitative estimate of drug-likeness (QED) is 0.163. The first-order valence-corrected chi connectivity index (χ1v) is 14.2. The van der Waals surface area contributed by atoms with Gasteiger partial charge in [-0.3, -0.25) is 0 Å². The SMILES string of the molecule is CC(C)(C)[Si](OCCCCCCCC/C=C\I)(c1ccccc1)c1ccccc1. The van der Waals surface area contributed by atoms with E-state index in [1.807, 2.05) is 0 Å². The molecule has 3 heteroatoms. The van der Waals surface area contributed by atoms with E-state index >= 15 is 0 Å². The van der Waals surface area contributed by atoms with Crippen molar-refractivity contribution in [3.05, 3.63) is 70.8 Å². The van der Waals surface area contributed by atoms with Crippen molar-refractivity contribution in [1.82, 2.24) is 0 Å². The van der Waals surface area contributed by atoms with Gasteiger partial charge in [-0.1, -0.05) is 136 Å². The van der Waals surface area contributed by atoms with Gasteiger partial charge in [0.2, 0.25) is 0 Å². The Balaban J connectivity index is 2.02. The molecule has 0 radical (unpaired) electrons. The summed E-state index contributed by atoms with van der Waals surface area (Å²) in [5.74, 6) is 0. The molecule has 0 heterocycles. The number of halogens is 1. The predicted octanol–water partition coefficient (Wildman–Crippen LogP) is 7.24. The van der Waals surface area contributed by atoms with Crippen LogP contribution in [0.25, 0.3) is 0 Å². The summed E-state index contributed by atoms with van der Waals surface area (Å²) < 4.78 is 9.08. The van der Waals surface area contributed by atoms with E-state index in [9.17, 15) is 0 Å². The molecule has 0 aliphatic heterocycles. The second kappa shape index (κ2) is 12.7. The summed E-state index contributed by atoms with van der Waals surface area (Å²) in [4.78, 5) is 0. The number of hydrogen-bond acceptors (Lipinski definition) is 1. The summed E-state index contributed by atoms with van der Waals surface area (Å²) in [6.07, 6.45) is 11.2. The first-order valence-electron chi connectivity index (χ1n) is 11.0. The summed E-state index contributed by atoms with van der Waals surface area (Å²) in [5, 5.41) is 2.83. The summed E-state index contributed by atoms with van der Waals surface area (Å²) >= 11 is 2.30. The molecule has 0 saturated carbocycles. The molecule has 0 amide bonds. The van der Waals surface area contributed by atoms with Gasteiger partial charge in [-0.15, -0.1) is 0 Å². The van der Waals surface area contributed by atoms with Gasteiger partial charge in [-0.25, -0.2) is 0 Å². The molecular weight excluding hydrogens is 483 g/mol. The van der Waals surface area contributed by atoms with Gasteiger partial charge in [-0.2, -0.15) is 0 Å². The highest BCUT2D eigenvalue weighted by Gasteiger charge is 2.49. The van der Waals surface area contributed by atoms with E-state index in [0.717, 1.165) is 13.0 Å². The fraction of sp³-hybridized carbons (Fsp3) is 0.462. The molecule has 0 aliphatic rings. The van der Waals surface area contributed by atoms with E-state index in [0.29, 0.717) is 0 Å². The first-order chi connectivity index (χ1) is 14.0. The fourth-order valence-electron chi connectivity index (χ4n) is 4.12. The standard InChI is InChI=1S/C26H37IOSi/c1-26(2,3)29(24-18-12-10-13-19-24,25-20-14-11-15-21-25)28-23-17-9-7-5-4-6-8-16-22-27/h10-16,18-22H,4-9,17,23H2,1-3H3/b22-16-. The molecule has 0 fully saturated rings. The van der Waals surface area contributed by atoms with Gasteiger partial charge in [-0.05, 0) is 38.8 Å². The average molecular weight is 521 g/mol. The minimum atomic E-state index is -2.35. The van der Waals surface area contributed by atoms with Crippen LogP contribution in [0, 0.1) is 0 Å². The normalized spacial score (nSPS) is 12.6. The number of hydrogen-bond donors (Lipinski definition) is 0. The number of rotatable bonds is 12. The Kier molecular flexibility index (Phi) is 10.7. The van der Waals surface area contributed by atoms with E-state index in [1.54, 1.807) is 0 Å². The lowest BCUT2D eigenvalue weighted by atomic mass is 10.1. The van der Waals surface area contributed by atoms with Crippen LogP contribution in [0.3, 0.4) is 0 Å². The lowest BCUT2D eigenvalue weighted by Gasteiger charge is -2.43. The molecule has 0 saturated heterocycles. The Morgan fingerprint density at radius 3 is 1.72 bits per heavy atom. The molecule has 2 aromatic rings. The monoisotopic (exact) mass is 520 g/mol. The smallest absolute Gasteiger partial charge is 0.261 e. The van der Waals surface area contributed by atoms with Crippen LogP contribution >= 0.6 is 22.6 Å². The molecule has 0 N–H and O–H groups in total. The van der Waals surface area contributed by atoms with E-state index < -0.39 is 8.32 Å². The molecule has 2 aromatic carbocycles. The lowest BCUT2D eigenvalue weighted by Crippen LogP contribution is -2.66. The maximum absolute atomic E-state index is 6.95. The van der Waals surface area contributed by atoms with Crippen LogP contribution in [0.1, 0.15) is 65.7 Å². The Hall–Kier alpha value is -0.913. The lowest BCUT2D eigenvalue weighted by molar-refractivity contribution is 0.286. The third-order valence-electron chi connectivity index (χ3n) is 5.59. The molecule has 1 nitrogen and oxygen atoms in total. The van der Waals surface area contributed by atoms with Crippen LogP contribution in [-0.4, -0.2) is 14.9 Å². The Labute approximate surface area is 193 Å². The second-order valence-corrected chi connectivity index (χ2v) is 13.8. The van der Waals surface area contributed by atoms with Crippen LogP contribution in [-0.2, 0) is 4.43 Å². The second-order valence-electron chi connectivity index (χ2n) is 8.78. The molecule has 0 atom stereocenters. The van der Waals surface area contributed by atoms with Crippen LogP contribution in [0.15, 0.2) is 70.8 Å².